The Bertz CT molecular complexity index is 636. The number of aromatic nitrogens is 3. The van der Waals surface area contributed by atoms with E-state index >= 15 is 0 Å². The topological polar surface area (TPSA) is 73.0 Å². The van der Waals surface area contributed by atoms with Crippen LogP contribution >= 0.6 is 11.6 Å². The molecule has 0 spiro atoms. The molecule has 1 N–H and O–H groups in total. The maximum Gasteiger partial charge on any atom is 0.287 e. The molecular formula is C13H17ClN4O2. The molecule has 0 saturated heterocycles. The molecule has 0 amide bonds. The Balaban J connectivity index is 2.09. The van der Waals surface area contributed by atoms with E-state index in [1.807, 2.05) is 13.0 Å². The number of unbranched alkanes of at least 4 members (excludes halogenated alkanes) is 1. The lowest BCUT2D eigenvalue weighted by atomic mass is 10.3. The Morgan fingerprint density at radius 1 is 1.50 bits per heavy atom. The summed E-state index contributed by atoms with van der Waals surface area (Å²) in [7, 11) is 0. The molecule has 0 aliphatic heterocycles. The molecule has 0 unspecified atom stereocenters. The molecule has 0 aliphatic carbocycles. The highest BCUT2D eigenvalue weighted by Crippen LogP contribution is 2.16. The molecule has 2 aromatic rings. The molecule has 108 valence electrons. The van der Waals surface area contributed by atoms with Crippen LogP contribution in [0.4, 0.5) is 5.69 Å². The van der Waals surface area contributed by atoms with E-state index in [2.05, 4.69) is 22.5 Å². The van der Waals surface area contributed by atoms with Crippen molar-refractivity contribution in [1.82, 2.24) is 14.9 Å². The van der Waals surface area contributed by atoms with Gasteiger partial charge in [0, 0.05) is 12.6 Å². The molecule has 2 heterocycles. The number of nitrogens with one attached hydrogen (secondary N) is 1. The molecule has 20 heavy (non-hydrogen) atoms. The van der Waals surface area contributed by atoms with Crippen LogP contribution in [0, 0.1) is 6.92 Å². The van der Waals surface area contributed by atoms with E-state index in [9.17, 15) is 4.79 Å². The van der Waals surface area contributed by atoms with Gasteiger partial charge in [-0.05, 0) is 13.3 Å². The fourth-order valence-electron chi connectivity index (χ4n) is 1.74. The van der Waals surface area contributed by atoms with Crippen molar-refractivity contribution in [2.24, 2.45) is 0 Å². The van der Waals surface area contributed by atoms with Crippen LogP contribution in [0.1, 0.15) is 31.2 Å². The number of nitrogens with zero attached hydrogens (tertiary/aromatic N) is 3. The van der Waals surface area contributed by atoms with Gasteiger partial charge in [-0.3, -0.25) is 4.79 Å². The number of rotatable bonds is 6. The summed E-state index contributed by atoms with van der Waals surface area (Å²) in [4.78, 5) is 12.0. The minimum Gasteiger partial charge on any atom is -0.375 e. The standard InChI is InChI=1S/C13H17ClN4O2/c1-3-4-5-18-13(19)12(14)11(8-16-18)15-7-10-6-9(2)17-20-10/h6,8,15H,3-5,7H2,1-2H3. The molecule has 0 bridgehead atoms. The molecule has 0 aromatic carbocycles. The van der Waals surface area contributed by atoms with Crippen LogP contribution < -0.4 is 10.9 Å². The van der Waals surface area contributed by atoms with Crippen LogP contribution in [0.2, 0.25) is 5.02 Å². The quantitative estimate of drug-likeness (QED) is 0.887. The second kappa shape index (κ2) is 6.56. The van der Waals surface area contributed by atoms with Gasteiger partial charge in [-0.15, -0.1) is 0 Å². The van der Waals surface area contributed by atoms with Crippen LogP contribution in [0.5, 0.6) is 0 Å². The van der Waals surface area contributed by atoms with Gasteiger partial charge in [0.15, 0.2) is 5.76 Å². The Morgan fingerprint density at radius 3 is 2.95 bits per heavy atom. The summed E-state index contributed by atoms with van der Waals surface area (Å²) in [6, 6.07) is 1.82. The lowest BCUT2D eigenvalue weighted by Crippen LogP contribution is -2.24. The molecule has 2 aromatic heterocycles. The first kappa shape index (κ1) is 14.6. The molecule has 0 fully saturated rings. The largest absolute Gasteiger partial charge is 0.375 e. The third-order valence-corrected chi connectivity index (χ3v) is 3.20. The number of hydrogen-bond acceptors (Lipinski definition) is 5. The third kappa shape index (κ3) is 3.39. The molecule has 7 heteroatoms. The summed E-state index contributed by atoms with van der Waals surface area (Å²) < 4.78 is 6.46. The Kier molecular flexibility index (Phi) is 4.79. The monoisotopic (exact) mass is 296 g/mol. The van der Waals surface area contributed by atoms with Crippen molar-refractivity contribution < 1.29 is 4.52 Å². The van der Waals surface area contributed by atoms with Crippen molar-refractivity contribution in [3.63, 3.8) is 0 Å². The van der Waals surface area contributed by atoms with Gasteiger partial charge in [0.2, 0.25) is 0 Å². The second-order valence-corrected chi connectivity index (χ2v) is 4.92. The summed E-state index contributed by atoms with van der Waals surface area (Å²) in [6.07, 6.45) is 3.45. The highest BCUT2D eigenvalue weighted by Gasteiger charge is 2.09. The normalized spacial score (nSPS) is 10.8. The third-order valence-electron chi connectivity index (χ3n) is 2.84. The lowest BCUT2D eigenvalue weighted by Gasteiger charge is -2.08. The van der Waals surface area contributed by atoms with Gasteiger partial charge in [-0.1, -0.05) is 30.1 Å². The fraction of sp³-hybridized carbons (Fsp3) is 0.462. The summed E-state index contributed by atoms with van der Waals surface area (Å²) >= 11 is 6.07. The lowest BCUT2D eigenvalue weighted by molar-refractivity contribution is 0.384. The Labute approximate surface area is 121 Å². The Hall–Kier alpha value is -1.82. The summed E-state index contributed by atoms with van der Waals surface area (Å²) in [5.74, 6) is 0.675. The van der Waals surface area contributed by atoms with E-state index < -0.39 is 0 Å². The SMILES string of the molecule is CCCCn1ncc(NCc2cc(C)no2)c(Cl)c1=O. The molecule has 0 aliphatic rings. The van der Waals surface area contributed by atoms with Gasteiger partial charge in [0.25, 0.3) is 5.56 Å². The van der Waals surface area contributed by atoms with Gasteiger partial charge >= 0.3 is 0 Å². The van der Waals surface area contributed by atoms with Gasteiger partial charge in [0.1, 0.15) is 5.02 Å². The molecule has 0 saturated carbocycles. The number of anilines is 1. The average Bonchev–Trinajstić information content (AvgIpc) is 2.85. The number of halogens is 1. The van der Waals surface area contributed by atoms with E-state index in [0.29, 0.717) is 24.5 Å². The van der Waals surface area contributed by atoms with Crippen molar-refractivity contribution in [1.29, 1.82) is 0 Å². The van der Waals surface area contributed by atoms with Crippen molar-refractivity contribution in [2.75, 3.05) is 5.32 Å². The van der Waals surface area contributed by atoms with Crippen molar-refractivity contribution in [3.8, 4) is 0 Å². The van der Waals surface area contributed by atoms with Crippen LogP contribution in [-0.4, -0.2) is 14.9 Å². The van der Waals surface area contributed by atoms with E-state index in [1.54, 1.807) is 6.20 Å². The van der Waals surface area contributed by atoms with Crippen LogP contribution in [-0.2, 0) is 13.1 Å². The predicted octanol–water partition coefficient (Wildman–Crippen LogP) is 2.61. The minimum atomic E-state index is -0.279. The highest BCUT2D eigenvalue weighted by atomic mass is 35.5. The first-order valence-corrected chi connectivity index (χ1v) is 6.91. The van der Waals surface area contributed by atoms with Crippen LogP contribution in [0.25, 0.3) is 0 Å². The first-order chi connectivity index (χ1) is 9.61. The van der Waals surface area contributed by atoms with Crippen LogP contribution in [0.3, 0.4) is 0 Å². The smallest absolute Gasteiger partial charge is 0.287 e. The number of aryl methyl sites for hydroxylation is 2. The Morgan fingerprint density at radius 2 is 2.30 bits per heavy atom. The van der Waals surface area contributed by atoms with E-state index in [4.69, 9.17) is 16.1 Å². The van der Waals surface area contributed by atoms with Gasteiger partial charge < -0.3 is 9.84 Å². The molecule has 0 atom stereocenters. The summed E-state index contributed by atoms with van der Waals surface area (Å²) in [6.45, 7) is 4.88. The van der Waals surface area contributed by atoms with Gasteiger partial charge in [-0.2, -0.15) is 5.10 Å². The van der Waals surface area contributed by atoms with E-state index in [1.165, 1.54) is 4.68 Å². The van der Waals surface area contributed by atoms with Gasteiger partial charge in [0.05, 0.1) is 24.1 Å². The van der Waals surface area contributed by atoms with Crippen molar-refractivity contribution >= 4 is 17.3 Å². The van der Waals surface area contributed by atoms with Crippen molar-refractivity contribution in [2.45, 2.75) is 39.8 Å². The van der Waals surface area contributed by atoms with E-state index in [0.717, 1.165) is 18.5 Å². The summed E-state index contributed by atoms with van der Waals surface area (Å²) in [5.41, 5.74) is 1.03. The average molecular weight is 297 g/mol. The maximum absolute atomic E-state index is 12.0. The first-order valence-electron chi connectivity index (χ1n) is 6.53. The minimum absolute atomic E-state index is 0.146. The maximum atomic E-state index is 12.0. The zero-order valence-corrected chi connectivity index (χ0v) is 12.3. The van der Waals surface area contributed by atoms with Gasteiger partial charge in [-0.25, -0.2) is 4.68 Å². The zero-order chi connectivity index (χ0) is 14.5. The highest BCUT2D eigenvalue weighted by molar-refractivity contribution is 6.32. The molecular weight excluding hydrogens is 280 g/mol. The van der Waals surface area contributed by atoms with Crippen molar-refractivity contribution in [3.05, 3.63) is 39.1 Å². The molecule has 0 radical (unpaired) electrons. The summed E-state index contributed by atoms with van der Waals surface area (Å²) in [5, 5.41) is 11.1. The number of hydrogen-bond donors (Lipinski definition) is 1. The zero-order valence-electron chi connectivity index (χ0n) is 11.5. The van der Waals surface area contributed by atoms with Crippen LogP contribution in [0.15, 0.2) is 21.6 Å². The fourth-order valence-corrected chi connectivity index (χ4v) is 1.95. The predicted molar refractivity (Wildman–Crippen MR) is 77.0 cm³/mol. The molecule has 6 nitrogen and oxygen atoms in total. The van der Waals surface area contributed by atoms with E-state index in [-0.39, 0.29) is 10.6 Å². The second-order valence-electron chi connectivity index (χ2n) is 4.54. The molecule has 2 rings (SSSR count).